The minimum absolute atomic E-state index is 0.234. The molecule has 1 aromatic heterocycles. The summed E-state index contributed by atoms with van der Waals surface area (Å²) in [5.74, 6) is 0.867. The van der Waals surface area contributed by atoms with Gasteiger partial charge in [0, 0.05) is 28.9 Å². The normalized spacial score (nSPS) is 12.9. The van der Waals surface area contributed by atoms with E-state index < -0.39 is 0 Å². The molecule has 0 spiro atoms. The van der Waals surface area contributed by atoms with Crippen LogP contribution in [0.25, 0.3) is 11.4 Å². The van der Waals surface area contributed by atoms with E-state index in [1.807, 2.05) is 42.5 Å². The Hall–Kier alpha value is -3.23. The molecule has 0 radical (unpaired) electrons. The molecule has 8 heteroatoms. The molecule has 0 unspecified atom stereocenters. The topological polar surface area (TPSA) is 68.1 Å². The minimum atomic E-state index is -0.234. The van der Waals surface area contributed by atoms with Crippen molar-refractivity contribution >= 4 is 39.5 Å². The Morgan fingerprint density at radius 2 is 1.41 bits per heavy atom. The first-order valence-corrected chi connectivity index (χ1v) is 12.7. The van der Waals surface area contributed by atoms with E-state index in [1.54, 1.807) is 24.3 Å². The zero-order valence-electron chi connectivity index (χ0n) is 18.2. The molecule has 1 aliphatic heterocycles. The third kappa shape index (κ3) is 4.56. The fraction of sp³-hybridized carbons (Fsp3) is 0.154. The van der Waals surface area contributed by atoms with E-state index in [0.717, 1.165) is 34.0 Å². The number of aromatic nitrogens is 3. The van der Waals surface area contributed by atoms with Gasteiger partial charge >= 0.3 is 0 Å². The van der Waals surface area contributed by atoms with Crippen molar-refractivity contribution in [3.63, 3.8) is 0 Å². The van der Waals surface area contributed by atoms with E-state index in [-0.39, 0.29) is 11.8 Å². The third-order valence-corrected chi connectivity index (χ3v) is 7.19. The van der Waals surface area contributed by atoms with Gasteiger partial charge in [0.05, 0.1) is 11.1 Å². The maximum Gasteiger partial charge on any atom is 0.261 e. The van der Waals surface area contributed by atoms with Crippen molar-refractivity contribution in [1.82, 2.24) is 19.7 Å². The van der Waals surface area contributed by atoms with Crippen LogP contribution >= 0.6 is 27.7 Å². The molecule has 1 aliphatic rings. The van der Waals surface area contributed by atoms with Gasteiger partial charge in [-0.1, -0.05) is 82.3 Å². The van der Waals surface area contributed by atoms with Crippen LogP contribution in [0.15, 0.2) is 88.5 Å². The number of hydrogen-bond donors (Lipinski definition) is 0. The molecular formula is C26H21BrN4O2S. The molecule has 170 valence electrons. The van der Waals surface area contributed by atoms with Crippen molar-refractivity contribution in [2.45, 2.75) is 18.1 Å². The highest BCUT2D eigenvalue weighted by molar-refractivity contribution is 9.10. The first kappa shape index (κ1) is 22.6. The predicted molar refractivity (Wildman–Crippen MR) is 136 cm³/mol. The molecule has 0 saturated carbocycles. The maximum atomic E-state index is 12.7. The van der Waals surface area contributed by atoms with Crippen molar-refractivity contribution in [2.75, 3.05) is 12.3 Å². The van der Waals surface area contributed by atoms with E-state index in [0.29, 0.717) is 23.4 Å². The number of carbonyl (C=O) groups is 2. The molecule has 0 aliphatic carbocycles. The first-order valence-electron chi connectivity index (χ1n) is 10.9. The van der Waals surface area contributed by atoms with Crippen LogP contribution in [0.3, 0.4) is 0 Å². The van der Waals surface area contributed by atoms with Crippen molar-refractivity contribution in [2.24, 2.45) is 0 Å². The van der Waals surface area contributed by atoms with Gasteiger partial charge in [-0.3, -0.25) is 14.5 Å². The summed E-state index contributed by atoms with van der Waals surface area (Å²) < 4.78 is 3.12. The number of nitrogens with zero attached hydrogens (tertiary/aromatic N) is 4. The largest absolute Gasteiger partial charge is 0.302 e. The smallest absolute Gasteiger partial charge is 0.261 e. The van der Waals surface area contributed by atoms with Crippen LogP contribution in [0.1, 0.15) is 26.3 Å². The summed E-state index contributed by atoms with van der Waals surface area (Å²) in [6, 6.07) is 25.3. The average Bonchev–Trinajstić information content (AvgIpc) is 3.38. The summed E-state index contributed by atoms with van der Waals surface area (Å²) in [6.45, 7) is 1.04. The molecule has 2 amide bonds. The Morgan fingerprint density at radius 3 is 2.09 bits per heavy atom. The summed E-state index contributed by atoms with van der Waals surface area (Å²) in [7, 11) is 0. The van der Waals surface area contributed by atoms with E-state index >= 15 is 0 Å². The summed E-state index contributed by atoms with van der Waals surface area (Å²) in [5, 5.41) is 9.68. The lowest BCUT2D eigenvalue weighted by molar-refractivity contribution is 0.0664. The summed E-state index contributed by atoms with van der Waals surface area (Å²) in [6.07, 6.45) is 0.842. The molecule has 2 heterocycles. The number of fused-ring (bicyclic) bond motifs is 1. The number of benzene rings is 3. The van der Waals surface area contributed by atoms with Crippen LogP contribution in [0.2, 0.25) is 0 Å². The number of aryl methyl sites for hydroxylation is 1. The van der Waals surface area contributed by atoms with Crippen LogP contribution in [0.4, 0.5) is 0 Å². The van der Waals surface area contributed by atoms with E-state index in [4.69, 9.17) is 0 Å². The van der Waals surface area contributed by atoms with Crippen molar-refractivity contribution in [3.05, 3.63) is 100 Å². The number of amides is 2. The van der Waals surface area contributed by atoms with Crippen molar-refractivity contribution < 1.29 is 9.59 Å². The second-order valence-electron chi connectivity index (χ2n) is 7.86. The highest BCUT2D eigenvalue weighted by Crippen LogP contribution is 2.27. The van der Waals surface area contributed by atoms with Crippen LogP contribution < -0.4 is 0 Å². The Morgan fingerprint density at radius 1 is 0.765 bits per heavy atom. The lowest BCUT2D eigenvalue weighted by atomic mass is 10.1. The summed E-state index contributed by atoms with van der Waals surface area (Å²) >= 11 is 4.99. The molecule has 0 bridgehead atoms. The fourth-order valence-corrected chi connectivity index (χ4v) is 5.12. The summed E-state index contributed by atoms with van der Waals surface area (Å²) in [5.41, 5.74) is 3.16. The number of thioether (sulfide) groups is 1. The van der Waals surface area contributed by atoms with Gasteiger partial charge in [0.15, 0.2) is 11.0 Å². The van der Waals surface area contributed by atoms with E-state index in [9.17, 15) is 9.59 Å². The number of halogens is 1. The highest BCUT2D eigenvalue weighted by Gasteiger charge is 2.34. The Bertz CT molecular complexity index is 1300. The monoisotopic (exact) mass is 532 g/mol. The standard InChI is InChI=1S/C26H21BrN4O2S/c27-20-12-10-19(11-13-20)23-28-29-26(30(23)15-14-18-6-2-1-3-7-18)34-17-16-31-24(32)21-8-4-5-9-22(21)25(31)33/h1-13H,14-17H2. The van der Waals surface area contributed by atoms with Gasteiger partial charge in [0.25, 0.3) is 11.8 Å². The molecule has 0 N–H and O–H groups in total. The molecule has 0 fully saturated rings. The van der Waals surface area contributed by atoms with Gasteiger partial charge in [-0.05, 0) is 36.2 Å². The zero-order valence-corrected chi connectivity index (χ0v) is 20.6. The van der Waals surface area contributed by atoms with Crippen LogP contribution in [0, 0.1) is 0 Å². The molecule has 34 heavy (non-hydrogen) atoms. The van der Waals surface area contributed by atoms with Crippen LogP contribution in [-0.4, -0.2) is 43.8 Å². The summed E-state index contributed by atoms with van der Waals surface area (Å²) in [4.78, 5) is 26.6. The number of carbonyl (C=O) groups excluding carboxylic acids is 2. The van der Waals surface area contributed by atoms with E-state index in [1.165, 1.54) is 22.2 Å². The second-order valence-corrected chi connectivity index (χ2v) is 9.83. The van der Waals surface area contributed by atoms with Gasteiger partial charge in [0.1, 0.15) is 0 Å². The van der Waals surface area contributed by atoms with Gasteiger partial charge in [0.2, 0.25) is 0 Å². The predicted octanol–water partition coefficient (Wildman–Crippen LogP) is 5.34. The van der Waals surface area contributed by atoms with Gasteiger partial charge < -0.3 is 4.57 Å². The third-order valence-electron chi connectivity index (χ3n) is 5.71. The Balaban J connectivity index is 1.33. The average molecular weight is 533 g/mol. The van der Waals surface area contributed by atoms with Crippen LogP contribution in [-0.2, 0) is 13.0 Å². The molecule has 5 rings (SSSR count). The second kappa shape index (κ2) is 9.95. The molecule has 0 saturated heterocycles. The first-order chi connectivity index (χ1) is 16.6. The minimum Gasteiger partial charge on any atom is -0.302 e. The molecular weight excluding hydrogens is 512 g/mol. The van der Waals surface area contributed by atoms with E-state index in [2.05, 4.69) is 42.8 Å². The van der Waals surface area contributed by atoms with Gasteiger partial charge in [-0.2, -0.15) is 0 Å². The quantitative estimate of drug-likeness (QED) is 0.226. The van der Waals surface area contributed by atoms with Crippen LogP contribution in [0.5, 0.6) is 0 Å². The molecule has 0 atom stereocenters. The fourth-order valence-electron chi connectivity index (χ4n) is 3.97. The van der Waals surface area contributed by atoms with Gasteiger partial charge in [-0.15, -0.1) is 10.2 Å². The number of imide groups is 1. The van der Waals surface area contributed by atoms with Gasteiger partial charge in [-0.25, -0.2) is 0 Å². The number of rotatable bonds is 8. The van der Waals surface area contributed by atoms with Crippen molar-refractivity contribution in [1.29, 1.82) is 0 Å². The lowest BCUT2D eigenvalue weighted by Crippen LogP contribution is -2.31. The maximum absolute atomic E-state index is 12.7. The highest BCUT2D eigenvalue weighted by atomic mass is 79.9. The molecule has 3 aromatic carbocycles. The lowest BCUT2D eigenvalue weighted by Gasteiger charge is -2.14. The molecule has 4 aromatic rings. The Kier molecular flexibility index (Phi) is 6.60. The molecule has 6 nitrogen and oxygen atoms in total. The van der Waals surface area contributed by atoms with Crippen molar-refractivity contribution in [3.8, 4) is 11.4 Å². The SMILES string of the molecule is O=C1c2ccccc2C(=O)N1CCSc1nnc(-c2ccc(Br)cc2)n1CCc1ccccc1. The number of hydrogen-bond acceptors (Lipinski definition) is 5. The Labute approximate surface area is 210 Å². The zero-order chi connectivity index (χ0) is 23.5.